The molecule has 0 aliphatic rings. The molecule has 1 aromatic carbocycles. The predicted octanol–water partition coefficient (Wildman–Crippen LogP) is 3.85. The Morgan fingerprint density at radius 3 is 2.43 bits per heavy atom. The molecule has 0 aromatic heterocycles. The second-order valence-electron chi connectivity index (χ2n) is 7.42. The van der Waals surface area contributed by atoms with Gasteiger partial charge in [0.25, 0.3) is 11.9 Å². The van der Waals surface area contributed by atoms with E-state index in [2.05, 4.69) is 38.0 Å². The number of benzene rings is 1. The fraction of sp³-hybridized carbons (Fsp3) is 0.619. The van der Waals surface area contributed by atoms with Crippen LogP contribution in [0.3, 0.4) is 0 Å². The Labute approximate surface area is 179 Å². The van der Waals surface area contributed by atoms with E-state index in [1.807, 2.05) is 6.92 Å². The van der Waals surface area contributed by atoms with Gasteiger partial charge in [-0.2, -0.15) is 0 Å². The molecule has 0 aliphatic carbocycles. The van der Waals surface area contributed by atoms with Gasteiger partial charge in [0.05, 0.1) is 42.3 Å². The Kier molecular flexibility index (Phi) is 11.5. The summed E-state index contributed by atoms with van der Waals surface area (Å²) >= 11 is 11.9. The van der Waals surface area contributed by atoms with E-state index in [0.29, 0.717) is 28.1 Å². The lowest BCUT2D eigenvalue weighted by Gasteiger charge is -2.17. The highest BCUT2D eigenvalue weighted by Gasteiger charge is 2.14. The van der Waals surface area contributed by atoms with Gasteiger partial charge in [0, 0.05) is 5.56 Å². The van der Waals surface area contributed by atoms with E-state index in [1.54, 1.807) is 17.0 Å². The van der Waals surface area contributed by atoms with Crippen molar-refractivity contribution in [3.63, 3.8) is 0 Å². The first-order valence-corrected chi connectivity index (χ1v) is 10.8. The molecule has 5 nitrogen and oxygen atoms in total. The summed E-state index contributed by atoms with van der Waals surface area (Å²) in [5.41, 5.74) is 0.410. The Morgan fingerprint density at radius 1 is 1.18 bits per heavy atom. The van der Waals surface area contributed by atoms with E-state index < -0.39 is 0 Å². The van der Waals surface area contributed by atoms with Gasteiger partial charge in [-0.15, -0.1) is 0 Å². The van der Waals surface area contributed by atoms with Gasteiger partial charge in [0.15, 0.2) is 0 Å². The van der Waals surface area contributed by atoms with Crippen molar-refractivity contribution in [1.29, 1.82) is 0 Å². The van der Waals surface area contributed by atoms with Crippen LogP contribution in [0.2, 0.25) is 10.0 Å². The topological polar surface area (TPSA) is 55.1 Å². The summed E-state index contributed by atoms with van der Waals surface area (Å²) in [6, 6.07) is 5.08. The zero-order valence-electron chi connectivity index (χ0n) is 17.6. The van der Waals surface area contributed by atoms with Crippen molar-refractivity contribution >= 4 is 35.1 Å². The molecule has 7 heteroatoms. The van der Waals surface area contributed by atoms with E-state index >= 15 is 0 Å². The molecule has 0 spiro atoms. The molecule has 2 N–H and O–H groups in total. The standard InChI is InChI=1S/C21H33Cl2N3O2/c1-6-26(7-2)12-8-9-16(5)24-21(28-14-15(3)4)25-20(27)17-10-11-18(22)19(23)13-17/h10-11,13,15-16H,6-9,12,14H2,1-5H3,(H,24,25,27)/p+1/t16-/m0/s1. The van der Waals surface area contributed by atoms with Crippen molar-refractivity contribution in [2.24, 2.45) is 10.9 Å². The van der Waals surface area contributed by atoms with Crippen LogP contribution in [0.25, 0.3) is 0 Å². The highest BCUT2D eigenvalue weighted by Crippen LogP contribution is 2.22. The molecule has 28 heavy (non-hydrogen) atoms. The largest absolute Gasteiger partial charge is 0.465 e. The number of nitrogens with one attached hydrogen (secondary N) is 2. The second kappa shape index (κ2) is 13.0. The minimum atomic E-state index is -0.319. The van der Waals surface area contributed by atoms with Gasteiger partial charge in [-0.1, -0.05) is 37.0 Å². The summed E-state index contributed by atoms with van der Waals surface area (Å²) < 4.78 is 5.74. The smallest absolute Gasteiger partial charge is 0.291 e. The van der Waals surface area contributed by atoms with Gasteiger partial charge < -0.3 is 9.64 Å². The van der Waals surface area contributed by atoms with Crippen LogP contribution in [0.5, 0.6) is 0 Å². The molecule has 1 aromatic rings. The summed E-state index contributed by atoms with van der Waals surface area (Å²) in [6.45, 7) is 14.4. The number of carbonyl (C=O) groups excluding carboxylic acids is 1. The zero-order chi connectivity index (χ0) is 21.1. The number of aliphatic imine (C=N–C) groups is 1. The summed E-state index contributed by atoms with van der Waals surface area (Å²) in [4.78, 5) is 18.7. The number of hydrogen-bond donors (Lipinski definition) is 2. The second-order valence-corrected chi connectivity index (χ2v) is 8.23. The lowest BCUT2D eigenvalue weighted by Crippen LogP contribution is -3.11. The normalized spacial score (nSPS) is 13.1. The molecular weight excluding hydrogens is 397 g/mol. The predicted molar refractivity (Wildman–Crippen MR) is 118 cm³/mol. The van der Waals surface area contributed by atoms with Crippen LogP contribution in [0.4, 0.5) is 0 Å². The van der Waals surface area contributed by atoms with Crippen molar-refractivity contribution < 1.29 is 14.4 Å². The molecule has 0 saturated carbocycles. The number of amidine groups is 1. The van der Waals surface area contributed by atoms with Gasteiger partial charge in [-0.25, -0.2) is 4.99 Å². The Balaban J connectivity index is 2.75. The van der Waals surface area contributed by atoms with Gasteiger partial charge in [-0.3, -0.25) is 10.1 Å². The zero-order valence-corrected chi connectivity index (χ0v) is 19.2. The molecule has 1 amide bonds. The van der Waals surface area contributed by atoms with Gasteiger partial charge in [0.2, 0.25) is 0 Å². The molecule has 0 fully saturated rings. The highest BCUT2D eigenvalue weighted by atomic mass is 35.5. The molecular formula is C21H34Cl2N3O2+. The molecule has 0 aliphatic heterocycles. The molecule has 0 radical (unpaired) electrons. The van der Waals surface area contributed by atoms with E-state index in [0.717, 1.165) is 32.5 Å². The lowest BCUT2D eigenvalue weighted by molar-refractivity contribution is -0.896. The quantitative estimate of drug-likeness (QED) is 0.437. The van der Waals surface area contributed by atoms with Crippen LogP contribution < -0.4 is 10.2 Å². The van der Waals surface area contributed by atoms with Crippen LogP contribution >= 0.6 is 23.2 Å². The van der Waals surface area contributed by atoms with Crippen molar-refractivity contribution in [3.8, 4) is 0 Å². The van der Waals surface area contributed by atoms with Gasteiger partial charge in [0.1, 0.15) is 0 Å². The van der Waals surface area contributed by atoms with Gasteiger partial charge >= 0.3 is 0 Å². The number of rotatable bonds is 10. The van der Waals surface area contributed by atoms with E-state index in [1.165, 1.54) is 6.07 Å². The fourth-order valence-electron chi connectivity index (χ4n) is 2.67. The average molecular weight is 431 g/mol. The number of ether oxygens (including phenoxy) is 1. The van der Waals surface area contributed by atoms with E-state index in [-0.39, 0.29) is 18.0 Å². The first-order chi connectivity index (χ1) is 13.3. The molecule has 0 unspecified atom stereocenters. The summed E-state index contributed by atoms with van der Waals surface area (Å²) in [6.07, 6.45) is 2.03. The molecule has 158 valence electrons. The SMILES string of the molecule is CC[NH+](CC)CCC[C@H](C)N=C(NC(=O)c1ccc(Cl)c(Cl)c1)OCC(C)C. The summed E-state index contributed by atoms with van der Waals surface area (Å²) in [7, 11) is 0. The summed E-state index contributed by atoms with van der Waals surface area (Å²) in [5.74, 6) is 0.00881. The van der Waals surface area contributed by atoms with E-state index in [9.17, 15) is 4.79 Å². The van der Waals surface area contributed by atoms with Crippen LogP contribution in [-0.2, 0) is 4.74 Å². The van der Waals surface area contributed by atoms with E-state index in [4.69, 9.17) is 27.9 Å². The maximum atomic E-state index is 12.5. The molecule has 1 atom stereocenters. The maximum absolute atomic E-state index is 12.5. The monoisotopic (exact) mass is 430 g/mol. The average Bonchev–Trinajstić information content (AvgIpc) is 2.65. The minimum Gasteiger partial charge on any atom is -0.465 e. The first-order valence-electron chi connectivity index (χ1n) is 10.1. The number of halogens is 2. The van der Waals surface area contributed by atoms with Crippen molar-refractivity contribution in [2.75, 3.05) is 26.2 Å². The summed E-state index contributed by atoms with van der Waals surface area (Å²) in [5, 5.41) is 3.52. The maximum Gasteiger partial charge on any atom is 0.291 e. The number of hydrogen-bond acceptors (Lipinski definition) is 3. The number of carbonyl (C=O) groups is 1. The number of quaternary nitrogens is 1. The van der Waals surface area contributed by atoms with Crippen LogP contribution in [0, 0.1) is 5.92 Å². The van der Waals surface area contributed by atoms with Crippen molar-refractivity contribution in [1.82, 2.24) is 5.32 Å². The van der Waals surface area contributed by atoms with Crippen molar-refractivity contribution in [3.05, 3.63) is 33.8 Å². The Bertz CT molecular complexity index is 647. The molecule has 0 saturated heterocycles. The third-order valence-corrected chi connectivity index (χ3v) is 5.18. The van der Waals surface area contributed by atoms with Crippen LogP contribution in [0.1, 0.15) is 57.8 Å². The lowest BCUT2D eigenvalue weighted by atomic mass is 10.2. The van der Waals surface area contributed by atoms with Crippen LogP contribution in [0.15, 0.2) is 23.2 Å². The third-order valence-electron chi connectivity index (χ3n) is 4.45. The minimum absolute atomic E-state index is 0.0613. The first kappa shape index (κ1) is 24.7. The number of amides is 1. The van der Waals surface area contributed by atoms with Crippen molar-refractivity contribution in [2.45, 2.75) is 53.5 Å². The fourth-order valence-corrected chi connectivity index (χ4v) is 2.97. The molecule has 1 rings (SSSR count). The number of nitrogens with zero attached hydrogens (tertiary/aromatic N) is 1. The van der Waals surface area contributed by atoms with Crippen LogP contribution in [-0.4, -0.2) is 44.2 Å². The third kappa shape index (κ3) is 9.26. The Hall–Kier alpha value is -1.30. The molecule has 0 bridgehead atoms. The van der Waals surface area contributed by atoms with Gasteiger partial charge in [-0.05, 0) is 57.7 Å². The molecule has 0 heterocycles. The highest BCUT2D eigenvalue weighted by molar-refractivity contribution is 6.42. The Morgan fingerprint density at radius 2 is 1.86 bits per heavy atom.